The normalized spacial score (nSPS) is 18.3. The van der Waals surface area contributed by atoms with Crippen molar-refractivity contribution in [1.29, 1.82) is 0 Å². The maximum Gasteiger partial charge on any atom is 0.414 e. The zero-order valence-corrected chi connectivity index (χ0v) is 18.0. The number of allylic oxidation sites excluding steroid dienone is 4. The fourth-order valence-electron chi connectivity index (χ4n) is 1.77. The molecule has 11 heteroatoms. The molecule has 0 fully saturated rings. The smallest absolute Gasteiger partial charge is 0.393 e. The minimum Gasteiger partial charge on any atom is -0.393 e. The molecule has 0 heterocycles. The predicted octanol–water partition coefficient (Wildman–Crippen LogP) is 4.03. The molecule has 4 unspecified atom stereocenters. The molecule has 1 aliphatic rings. The predicted molar refractivity (Wildman–Crippen MR) is 93.5 cm³/mol. The van der Waals surface area contributed by atoms with Gasteiger partial charge in [0.15, 0.2) is 12.2 Å². The SMILES string of the molecule is C1=CCCC=CCC1.CC(O)CC(O)C(F)(F)F.CC(O)CC(O)C(F)(F)F.[Ru]. The molecule has 0 aliphatic heterocycles. The Morgan fingerprint density at radius 2 is 0.828 bits per heavy atom. The van der Waals surface area contributed by atoms with Gasteiger partial charge in [0.05, 0.1) is 12.2 Å². The Kier molecular flexibility index (Phi) is 19.7. The van der Waals surface area contributed by atoms with Crippen molar-refractivity contribution < 1.29 is 66.2 Å². The first-order valence-corrected chi connectivity index (χ1v) is 8.83. The average Bonchev–Trinajstić information content (AvgIpc) is 2.44. The minimum absolute atomic E-state index is 0. The van der Waals surface area contributed by atoms with Crippen LogP contribution in [0.3, 0.4) is 0 Å². The summed E-state index contributed by atoms with van der Waals surface area (Å²) >= 11 is 0. The summed E-state index contributed by atoms with van der Waals surface area (Å²) in [5.74, 6) is 0. The van der Waals surface area contributed by atoms with E-state index in [0.717, 1.165) is 0 Å². The Bertz CT molecular complexity index is 385. The second-order valence-electron chi connectivity index (χ2n) is 6.38. The van der Waals surface area contributed by atoms with Crippen molar-refractivity contribution in [1.82, 2.24) is 0 Å². The minimum atomic E-state index is -4.61. The van der Waals surface area contributed by atoms with E-state index in [2.05, 4.69) is 24.3 Å². The average molecular weight is 525 g/mol. The van der Waals surface area contributed by atoms with Gasteiger partial charge >= 0.3 is 12.4 Å². The third kappa shape index (κ3) is 23.7. The van der Waals surface area contributed by atoms with Gasteiger partial charge in [-0.3, -0.25) is 0 Å². The van der Waals surface area contributed by atoms with Crippen molar-refractivity contribution in [3.05, 3.63) is 24.3 Å². The maximum atomic E-state index is 11.4. The van der Waals surface area contributed by atoms with Gasteiger partial charge in [-0.2, -0.15) is 26.3 Å². The molecule has 4 N–H and O–H groups in total. The van der Waals surface area contributed by atoms with Gasteiger partial charge in [-0.05, 0) is 39.5 Å². The molecule has 1 rings (SSSR count). The van der Waals surface area contributed by atoms with Crippen molar-refractivity contribution >= 4 is 0 Å². The molecule has 0 aromatic heterocycles. The Labute approximate surface area is 180 Å². The molecule has 0 aromatic carbocycles. The Morgan fingerprint density at radius 1 is 0.621 bits per heavy atom. The zero-order valence-electron chi connectivity index (χ0n) is 16.3. The summed E-state index contributed by atoms with van der Waals surface area (Å²) in [6.07, 6.45) is -3.63. The summed E-state index contributed by atoms with van der Waals surface area (Å²) in [4.78, 5) is 0. The summed E-state index contributed by atoms with van der Waals surface area (Å²) in [7, 11) is 0. The number of aliphatic hydroxyl groups is 4. The third-order valence-electron chi connectivity index (χ3n) is 3.22. The first-order valence-electron chi connectivity index (χ1n) is 8.83. The largest absolute Gasteiger partial charge is 0.414 e. The van der Waals surface area contributed by atoms with Gasteiger partial charge in [0.1, 0.15) is 0 Å². The number of hydrogen-bond donors (Lipinski definition) is 4. The van der Waals surface area contributed by atoms with Crippen molar-refractivity contribution in [3.63, 3.8) is 0 Å². The van der Waals surface area contributed by atoms with Gasteiger partial charge in [0.2, 0.25) is 0 Å². The number of hydrogen-bond acceptors (Lipinski definition) is 4. The fraction of sp³-hybridized carbons (Fsp3) is 0.778. The Morgan fingerprint density at radius 3 is 0.931 bits per heavy atom. The molecule has 1 aliphatic carbocycles. The van der Waals surface area contributed by atoms with Crippen LogP contribution in [-0.4, -0.2) is 57.2 Å². The topological polar surface area (TPSA) is 80.9 Å². The van der Waals surface area contributed by atoms with Gasteiger partial charge < -0.3 is 20.4 Å². The second-order valence-corrected chi connectivity index (χ2v) is 6.38. The monoisotopic (exact) mass is 526 g/mol. The summed E-state index contributed by atoms with van der Waals surface area (Å²) in [6.45, 7) is 2.38. The van der Waals surface area contributed by atoms with Crippen LogP contribution < -0.4 is 0 Å². The molecule has 0 saturated heterocycles. The number of rotatable bonds is 4. The van der Waals surface area contributed by atoms with Crippen LogP contribution in [0.15, 0.2) is 24.3 Å². The Balaban J connectivity index is -0.000000345. The molecular formula is C18H30F6O4Ru. The van der Waals surface area contributed by atoms with Gasteiger partial charge in [-0.25, -0.2) is 0 Å². The van der Waals surface area contributed by atoms with Crippen LogP contribution in [0.1, 0.15) is 52.4 Å². The molecule has 0 bridgehead atoms. The molecule has 0 radical (unpaired) electrons. The molecule has 0 aromatic rings. The van der Waals surface area contributed by atoms with Crippen molar-refractivity contribution in [2.45, 2.75) is 89.1 Å². The molecule has 0 saturated carbocycles. The summed E-state index contributed by atoms with van der Waals surface area (Å²) in [5, 5.41) is 33.4. The van der Waals surface area contributed by atoms with Crippen LogP contribution in [0.4, 0.5) is 26.3 Å². The van der Waals surface area contributed by atoms with Gasteiger partial charge in [-0.1, -0.05) is 24.3 Å². The quantitative estimate of drug-likeness (QED) is 0.254. The number of halogens is 6. The van der Waals surface area contributed by atoms with E-state index in [0.29, 0.717) is 0 Å². The standard InChI is InChI=1S/C8H12.2C5H9F3O2.Ru/c1-2-4-6-8-7-5-3-1;2*1-3(9)2-4(10)5(6,7)8;/h1-2,7-8H,3-6H2;2*3-4,9-10H,2H2,1H3;. The maximum absolute atomic E-state index is 11.4. The first-order chi connectivity index (χ1) is 12.7. The molecule has 0 amide bonds. The first kappa shape index (κ1) is 33.2. The molecule has 29 heavy (non-hydrogen) atoms. The van der Waals surface area contributed by atoms with E-state index in [-0.39, 0.29) is 19.5 Å². The summed E-state index contributed by atoms with van der Waals surface area (Å²) < 4.78 is 68.7. The van der Waals surface area contributed by atoms with E-state index < -0.39 is 49.6 Å². The second kappa shape index (κ2) is 17.2. The van der Waals surface area contributed by atoms with E-state index >= 15 is 0 Å². The van der Waals surface area contributed by atoms with Crippen molar-refractivity contribution in [2.24, 2.45) is 0 Å². The van der Waals surface area contributed by atoms with Gasteiger partial charge in [0, 0.05) is 32.3 Å². The van der Waals surface area contributed by atoms with E-state index in [4.69, 9.17) is 20.4 Å². The van der Waals surface area contributed by atoms with E-state index in [1.807, 2.05) is 0 Å². The summed E-state index contributed by atoms with van der Waals surface area (Å²) in [5.41, 5.74) is 0. The molecule has 4 atom stereocenters. The zero-order chi connectivity index (χ0) is 22.4. The number of aliphatic hydroxyl groups excluding tert-OH is 4. The van der Waals surface area contributed by atoms with Crippen LogP contribution >= 0.6 is 0 Å². The van der Waals surface area contributed by atoms with Crippen LogP contribution in [-0.2, 0) is 19.5 Å². The van der Waals surface area contributed by atoms with E-state index in [1.54, 1.807) is 0 Å². The van der Waals surface area contributed by atoms with Crippen molar-refractivity contribution in [3.8, 4) is 0 Å². The third-order valence-corrected chi connectivity index (χ3v) is 3.22. The van der Waals surface area contributed by atoms with Crippen LogP contribution in [0.25, 0.3) is 0 Å². The van der Waals surface area contributed by atoms with E-state index in [9.17, 15) is 26.3 Å². The molecule has 176 valence electrons. The molecular weight excluding hydrogens is 495 g/mol. The fourth-order valence-corrected chi connectivity index (χ4v) is 1.77. The van der Waals surface area contributed by atoms with Gasteiger partial charge in [0.25, 0.3) is 0 Å². The van der Waals surface area contributed by atoms with Crippen LogP contribution in [0.2, 0.25) is 0 Å². The molecule has 4 nitrogen and oxygen atoms in total. The van der Waals surface area contributed by atoms with Gasteiger partial charge in [-0.15, -0.1) is 0 Å². The van der Waals surface area contributed by atoms with Crippen LogP contribution in [0, 0.1) is 0 Å². The molecule has 0 spiro atoms. The van der Waals surface area contributed by atoms with Crippen molar-refractivity contribution in [2.75, 3.05) is 0 Å². The van der Waals surface area contributed by atoms with E-state index in [1.165, 1.54) is 39.5 Å². The van der Waals surface area contributed by atoms with Crippen LogP contribution in [0.5, 0.6) is 0 Å². The summed E-state index contributed by atoms with van der Waals surface area (Å²) in [6, 6.07) is 0. The Hall–Kier alpha value is -0.477. The number of alkyl halides is 6.